The molecule has 3 aromatic carbocycles. The maximum atomic E-state index is 17.7. The number of urea groups is 1. The summed E-state index contributed by atoms with van der Waals surface area (Å²) in [4.78, 5) is 75.9. The third-order valence-corrected chi connectivity index (χ3v) is 15.8. The lowest BCUT2D eigenvalue weighted by Gasteiger charge is -2.42. The Hall–Kier alpha value is -6.37. The third-order valence-electron chi connectivity index (χ3n) is 15.4. The Morgan fingerprint density at radius 1 is 0.933 bits per heavy atom. The van der Waals surface area contributed by atoms with Crippen molar-refractivity contribution in [1.29, 1.82) is 0 Å². The summed E-state index contributed by atoms with van der Waals surface area (Å²) < 4.78 is 41.2. The zero-order valence-electron chi connectivity index (χ0n) is 43.5. The Kier molecular flexibility index (Phi) is 15.3. The summed E-state index contributed by atoms with van der Waals surface area (Å²) in [6.45, 7) is 12.3. The Labute approximate surface area is 441 Å². The number of amides is 5. The molecule has 3 atom stereocenters. The molecule has 2 unspecified atom stereocenters. The van der Waals surface area contributed by atoms with E-state index in [9.17, 15) is 19.2 Å². The maximum Gasteiger partial charge on any atom is 0.410 e. The number of ether oxygens (including phenoxy) is 4. The van der Waals surface area contributed by atoms with Crippen molar-refractivity contribution in [2.75, 3.05) is 76.1 Å². The number of piperazine rings is 1. The number of benzene rings is 3. The molecule has 0 spiro atoms. The van der Waals surface area contributed by atoms with Crippen LogP contribution in [0.3, 0.4) is 0 Å². The zero-order chi connectivity index (χ0) is 52.5. The highest BCUT2D eigenvalue weighted by molar-refractivity contribution is 6.34. The van der Waals surface area contributed by atoms with Crippen LogP contribution < -0.4 is 24.6 Å². The fourth-order valence-corrected chi connectivity index (χ4v) is 12.0. The van der Waals surface area contributed by atoms with E-state index in [4.69, 9.17) is 45.5 Å². The smallest absolute Gasteiger partial charge is 0.410 e. The lowest BCUT2D eigenvalue weighted by atomic mass is 9.91. The first-order valence-electron chi connectivity index (χ1n) is 26.5. The number of methoxy groups -OCH3 is 1. The number of anilines is 2. The zero-order valence-corrected chi connectivity index (χ0v) is 44.3. The van der Waals surface area contributed by atoms with Crippen LogP contribution in [0.15, 0.2) is 54.7 Å². The Bertz CT molecular complexity index is 2970. The second kappa shape index (κ2) is 22.1. The quantitative estimate of drug-likeness (QED) is 0.0985. The topological polar surface area (TPSA) is 172 Å². The highest BCUT2D eigenvalue weighted by Crippen LogP contribution is 2.41. The maximum absolute atomic E-state index is 17.7. The number of aromatic nitrogens is 3. The molecular weight excluding hydrogens is 981 g/mol. The van der Waals surface area contributed by atoms with Gasteiger partial charge in [-0.05, 0) is 144 Å². The fourth-order valence-electron chi connectivity index (χ4n) is 11.8. The summed E-state index contributed by atoms with van der Waals surface area (Å²) in [6.07, 6.45) is 9.64. The van der Waals surface area contributed by atoms with Crippen molar-refractivity contribution in [3.8, 4) is 23.0 Å². The third kappa shape index (κ3) is 11.2. The van der Waals surface area contributed by atoms with E-state index in [1.54, 1.807) is 31.5 Å². The Morgan fingerprint density at radius 3 is 2.45 bits per heavy atom. The van der Waals surface area contributed by atoms with Crippen molar-refractivity contribution >= 4 is 68.7 Å². The SMILES string of the molecule is CCc1cccc2cc(OCOC)cc(-c3ncc4c(N5CC6CCC(C5)N6C(=O)OC(C)(C)C)nc(OC[C@@H]5CCCN5CCCC5CCN(C(=O)c6ccc(Cl)c(N7CCC(=O)NC7=O)c6)CC5)nc4c3F)c12. The van der Waals surface area contributed by atoms with Crippen LogP contribution >= 0.6 is 11.6 Å². The van der Waals surface area contributed by atoms with E-state index < -0.39 is 17.4 Å². The molecule has 19 heteroatoms. The second-order valence-electron chi connectivity index (χ2n) is 21.5. The lowest BCUT2D eigenvalue weighted by Crippen LogP contribution is -2.57. The normalized spacial score (nSPS) is 20.6. The first kappa shape index (κ1) is 52.1. The summed E-state index contributed by atoms with van der Waals surface area (Å²) in [6, 6.07) is 14.2. The van der Waals surface area contributed by atoms with Crippen LogP contribution in [0, 0.1) is 11.7 Å². The molecule has 5 amide bonds. The van der Waals surface area contributed by atoms with Crippen LogP contribution in [-0.4, -0.2) is 144 Å². The molecule has 5 saturated heterocycles. The van der Waals surface area contributed by atoms with E-state index in [0.29, 0.717) is 77.5 Å². The van der Waals surface area contributed by atoms with Gasteiger partial charge in [-0.1, -0.05) is 36.7 Å². The van der Waals surface area contributed by atoms with Crippen molar-refractivity contribution in [2.24, 2.45) is 5.92 Å². The van der Waals surface area contributed by atoms with Gasteiger partial charge in [0.1, 0.15) is 35.0 Å². The molecule has 10 rings (SSSR count). The molecule has 0 saturated carbocycles. The molecule has 17 nitrogen and oxygen atoms in total. The number of carbonyl (C=O) groups is 4. The highest BCUT2D eigenvalue weighted by atomic mass is 35.5. The first-order valence-corrected chi connectivity index (χ1v) is 26.9. The van der Waals surface area contributed by atoms with Crippen molar-refractivity contribution in [1.82, 2.24) is 35.0 Å². The fraction of sp³-hybridized carbons (Fsp3) is 0.518. The van der Waals surface area contributed by atoms with E-state index in [0.717, 1.165) is 87.2 Å². The van der Waals surface area contributed by atoms with E-state index >= 15 is 4.39 Å². The van der Waals surface area contributed by atoms with Gasteiger partial charge in [0.15, 0.2) is 12.6 Å². The molecule has 75 heavy (non-hydrogen) atoms. The first-order chi connectivity index (χ1) is 36.2. The van der Waals surface area contributed by atoms with Gasteiger partial charge < -0.3 is 28.7 Å². The minimum absolute atomic E-state index is 0.0266. The molecule has 398 valence electrons. The number of nitrogens with one attached hydrogen (secondary N) is 1. The van der Waals surface area contributed by atoms with Crippen LogP contribution in [0.4, 0.5) is 25.5 Å². The van der Waals surface area contributed by atoms with E-state index in [2.05, 4.69) is 22.0 Å². The predicted molar refractivity (Wildman–Crippen MR) is 284 cm³/mol. The monoisotopic (exact) mass is 1050 g/mol. The number of rotatable bonds is 15. The van der Waals surface area contributed by atoms with Crippen molar-refractivity contribution < 1.29 is 42.5 Å². The van der Waals surface area contributed by atoms with Gasteiger partial charge in [0, 0.05) is 69.6 Å². The van der Waals surface area contributed by atoms with Crippen molar-refractivity contribution in [2.45, 2.75) is 116 Å². The minimum atomic E-state index is -0.632. The summed E-state index contributed by atoms with van der Waals surface area (Å²) in [5.41, 5.74) is 2.11. The van der Waals surface area contributed by atoms with Gasteiger partial charge in [0.2, 0.25) is 5.91 Å². The largest absolute Gasteiger partial charge is 0.468 e. The molecule has 7 heterocycles. The molecule has 5 aliphatic rings. The van der Waals surface area contributed by atoms with Crippen LogP contribution in [0.5, 0.6) is 11.8 Å². The number of aryl methyl sites for hydroxylation is 1. The number of halogens is 2. The van der Waals surface area contributed by atoms with Gasteiger partial charge in [-0.15, -0.1) is 0 Å². The summed E-state index contributed by atoms with van der Waals surface area (Å²) in [7, 11) is 1.55. The van der Waals surface area contributed by atoms with Crippen LogP contribution in [-0.2, 0) is 20.7 Å². The number of pyridine rings is 1. The highest BCUT2D eigenvalue weighted by Gasteiger charge is 2.45. The number of hydrogen-bond donors (Lipinski definition) is 1. The predicted octanol–water partition coefficient (Wildman–Crippen LogP) is 9.39. The van der Waals surface area contributed by atoms with E-state index in [1.165, 1.54) is 4.90 Å². The average molecular weight is 1050 g/mol. The van der Waals surface area contributed by atoms with Crippen molar-refractivity contribution in [3.05, 3.63) is 76.7 Å². The van der Waals surface area contributed by atoms with E-state index in [1.807, 2.05) is 60.9 Å². The summed E-state index contributed by atoms with van der Waals surface area (Å²) in [5, 5.41) is 4.89. The second-order valence-corrected chi connectivity index (χ2v) is 21.9. The summed E-state index contributed by atoms with van der Waals surface area (Å²) in [5.74, 6) is 0.490. The molecule has 2 bridgehead atoms. The number of likely N-dealkylation sites (tertiary alicyclic amines) is 2. The number of piperidine rings is 1. The molecule has 5 fully saturated rings. The average Bonchev–Trinajstić information content (AvgIpc) is 3.98. The van der Waals surface area contributed by atoms with Crippen LogP contribution in [0.2, 0.25) is 5.02 Å². The minimum Gasteiger partial charge on any atom is -0.468 e. The van der Waals surface area contributed by atoms with E-state index in [-0.39, 0.29) is 73.0 Å². The standard InChI is InChI=1S/C56H67ClFN9O8/c1-6-35-11-7-12-36-26-41(74-33-72-5)28-42(47(35)36)49-48(58)50-43(29-59-49)51(65-30-38-15-16-39(31-65)67(38)55(71)75-56(2,3)4)62-53(61-50)73-32-40-13-9-22-63(40)21-8-10-34-18-23-64(24-19-34)52(69)37-14-17-44(57)45(27-37)66-25-20-46(68)60-54(66)70/h7,11-12,14,17,26-29,34,38-40H,6,8-10,13,15-16,18-25,30-33H2,1-5H3,(H,60,68,70)/t38?,39?,40-/m0/s1. The molecule has 5 aromatic rings. The molecule has 5 aliphatic heterocycles. The molecule has 0 radical (unpaired) electrons. The molecule has 0 aliphatic carbocycles. The molecular formula is C56H67ClFN9O8. The van der Waals surface area contributed by atoms with Gasteiger partial charge >= 0.3 is 18.1 Å². The molecule has 1 N–H and O–H groups in total. The van der Waals surface area contributed by atoms with Gasteiger partial charge in [-0.25, -0.2) is 14.0 Å². The van der Waals surface area contributed by atoms with Crippen LogP contribution in [0.1, 0.15) is 101 Å². The van der Waals surface area contributed by atoms with Gasteiger partial charge in [0.05, 0.1) is 28.2 Å². The molecule has 2 aromatic heterocycles. The Morgan fingerprint density at radius 2 is 1.72 bits per heavy atom. The lowest BCUT2D eigenvalue weighted by molar-refractivity contribution is -0.120. The number of nitrogens with zero attached hydrogens (tertiary/aromatic N) is 8. The number of carbonyl (C=O) groups excluding carboxylic acids is 4. The number of hydrogen-bond acceptors (Lipinski definition) is 13. The van der Waals surface area contributed by atoms with Gasteiger partial charge in [0.25, 0.3) is 5.91 Å². The van der Waals surface area contributed by atoms with Crippen LogP contribution in [0.25, 0.3) is 32.9 Å². The Balaban J connectivity index is 0.839. The van der Waals surface area contributed by atoms with Crippen molar-refractivity contribution in [3.63, 3.8) is 0 Å². The summed E-state index contributed by atoms with van der Waals surface area (Å²) >= 11 is 6.46. The van der Waals surface area contributed by atoms with Gasteiger partial charge in [-0.3, -0.25) is 34.6 Å². The van der Waals surface area contributed by atoms with Gasteiger partial charge in [-0.2, -0.15) is 9.97 Å². The number of fused-ring (bicyclic) bond motifs is 4. The number of imide groups is 1.